The van der Waals surface area contributed by atoms with Crippen LogP contribution in [0.2, 0.25) is 0 Å². The Bertz CT molecular complexity index is 2540. The SMILES string of the molecule is N#Cc1ccc(-n2c3ccc4ccccc4c3c3ccc4c(c32)Oc2ccccc2C42c3ccccc3-c3ccccc32)cc1. The summed E-state index contributed by atoms with van der Waals surface area (Å²) in [5.41, 5.74) is 10.6. The fourth-order valence-electron chi connectivity index (χ4n) is 8.13. The van der Waals surface area contributed by atoms with Gasteiger partial charge in [0.25, 0.3) is 0 Å². The van der Waals surface area contributed by atoms with Gasteiger partial charge in [-0.05, 0) is 69.4 Å². The molecule has 0 radical (unpaired) electrons. The summed E-state index contributed by atoms with van der Waals surface area (Å²) in [6.45, 7) is 0. The molecule has 3 nitrogen and oxygen atoms in total. The fraction of sp³-hybridized carbons (Fsp3) is 0.0238. The zero-order chi connectivity index (χ0) is 29.7. The number of hydrogen-bond acceptors (Lipinski definition) is 2. The Balaban J connectivity index is 1.43. The zero-order valence-electron chi connectivity index (χ0n) is 24.2. The van der Waals surface area contributed by atoms with E-state index >= 15 is 0 Å². The molecule has 45 heavy (non-hydrogen) atoms. The van der Waals surface area contributed by atoms with E-state index in [-0.39, 0.29) is 0 Å². The van der Waals surface area contributed by atoms with Crippen molar-refractivity contribution in [2.75, 3.05) is 0 Å². The lowest BCUT2D eigenvalue weighted by Gasteiger charge is -2.39. The molecule has 0 saturated heterocycles. The maximum absolute atomic E-state index is 9.57. The Morgan fingerprint density at radius 1 is 0.556 bits per heavy atom. The Kier molecular flexibility index (Phi) is 4.72. The lowest BCUT2D eigenvalue weighted by Crippen LogP contribution is -2.32. The second-order valence-corrected chi connectivity index (χ2v) is 12.0. The molecule has 2 aliphatic rings. The van der Waals surface area contributed by atoms with Gasteiger partial charge < -0.3 is 9.30 Å². The van der Waals surface area contributed by atoms with E-state index in [1.165, 1.54) is 38.4 Å². The van der Waals surface area contributed by atoms with Crippen molar-refractivity contribution in [1.82, 2.24) is 4.57 Å². The van der Waals surface area contributed by atoms with E-state index < -0.39 is 5.41 Å². The lowest BCUT2D eigenvalue weighted by molar-refractivity contribution is 0.440. The molecule has 0 atom stereocenters. The van der Waals surface area contributed by atoms with Crippen LogP contribution >= 0.6 is 0 Å². The van der Waals surface area contributed by atoms with Crippen molar-refractivity contribution >= 4 is 32.6 Å². The van der Waals surface area contributed by atoms with Gasteiger partial charge in [-0.3, -0.25) is 0 Å². The highest BCUT2D eigenvalue weighted by atomic mass is 16.5. The van der Waals surface area contributed by atoms with Gasteiger partial charge >= 0.3 is 0 Å². The molecule has 0 fully saturated rings. The molecule has 8 aromatic rings. The molecular formula is C42H24N2O. The summed E-state index contributed by atoms with van der Waals surface area (Å²) >= 11 is 0. The lowest BCUT2D eigenvalue weighted by atomic mass is 9.66. The number of ether oxygens (including phenoxy) is 1. The molecule has 3 heteroatoms. The molecule has 208 valence electrons. The van der Waals surface area contributed by atoms with Gasteiger partial charge in [-0.1, -0.05) is 109 Å². The Morgan fingerprint density at radius 2 is 1.22 bits per heavy atom. The molecule has 1 spiro atoms. The van der Waals surface area contributed by atoms with Gasteiger partial charge in [0.05, 0.1) is 28.1 Å². The van der Waals surface area contributed by atoms with Crippen molar-refractivity contribution < 1.29 is 4.74 Å². The maximum atomic E-state index is 9.57. The van der Waals surface area contributed by atoms with E-state index in [2.05, 4.69) is 132 Å². The minimum atomic E-state index is -0.542. The first-order chi connectivity index (χ1) is 22.3. The monoisotopic (exact) mass is 572 g/mol. The van der Waals surface area contributed by atoms with Crippen LogP contribution in [-0.2, 0) is 5.41 Å². The van der Waals surface area contributed by atoms with Crippen LogP contribution in [0.25, 0.3) is 49.4 Å². The van der Waals surface area contributed by atoms with Crippen LogP contribution in [0, 0.1) is 11.3 Å². The van der Waals surface area contributed by atoms with E-state index in [0.29, 0.717) is 5.56 Å². The van der Waals surface area contributed by atoms with Crippen molar-refractivity contribution in [2.45, 2.75) is 5.41 Å². The minimum Gasteiger partial charge on any atom is -0.454 e. The van der Waals surface area contributed by atoms with Gasteiger partial charge in [0.15, 0.2) is 5.75 Å². The summed E-state index contributed by atoms with van der Waals surface area (Å²) in [5.74, 6) is 1.73. The van der Waals surface area contributed by atoms with E-state index in [0.717, 1.165) is 44.7 Å². The van der Waals surface area contributed by atoms with E-state index in [1.807, 2.05) is 24.3 Å². The molecule has 1 aliphatic heterocycles. The molecule has 1 aliphatic carbocycles. The second-order valence-electron chi connectivity index (χ2n) is 12.0. The molecule has 0 unspecified atom stereocenters. The number of benzene rings is 7. The zero-order valence-corrected chi connectivity index (χ0v) is 24.2. The Hall–Kier alpha value is -6.11. The summed E-state index contributed by atoms with van der Waals surface area (Å²) in [4.78, 5) is 0. The number of aromatic nitrogens is 1. The Labute approximate surface area is 259 Å². The highest BCUT2D eigenvalue weighted by Crippen LogP contribution is 2.63. The third-order valence-corrected chi connectivity index (χ3v) is 9.89. The summed E-state index contributed by atoms with van der Waals surface area (Å²) < 4.78 is 9.41. The van der Waals surface area contributed by atoms with Crippen LogP contribution in [0.4, 0.5) is 0 Å². The van der Waals surface area contributed by atoms with Crippen LogP contribution in [0.1, 0.15) is 27.8 Å². The molecule has 0 saturated carbocycles. The number of fused-ring (bicyclic) bond motifs is 15. The second kappa shape index (κ2) is 8.72. The van der Waals surface area contributed by atoms with Gasteiger partial charge in [0.2, 0.25) is 0 Å². The fourth-order valence-corrected chi connectivity index (χ4v) is 8.13. The molecular weight excluding hydrogens is 548 g/mol. The highest BCUT2D eigenvalue weighted by Gasteiger charge is 2.51. The first kappa shape index (κ1) is 24.3. The van der Waals surface area contributed by atoms with E-state index in [9.17, 15) is 5.26 Å². The summed E-state index contributed by atoms with van der Waals surface area (Å²) in [6, 6.07) is 53.9. The smallest absolute Gasteiger partial charge is 0.156 e. The average Bonchev–Trinajstić information content (AvgIpc) is 3.60. The van der Waals surface area contributed by atoms with Crippen LogP contribution in [0.15, 0.2) is 146 Å². The molecule has 2 heterocycles. The van der Waals surface area contributed by atoms with Crippen molar-refractivity contribution in [2.24, 2.45) is 0 Å². The van der Waals surface area contributed by atoms with Crippen LogP contribution in [0.3, 0.4) is 0 Å². The normalized spacial score (nSPS) is 13.7. The molecule has 10 rings (SSSR count). The third-order valence-electron chi connectivity index (χ3n) is 9.89. The van der Waals surface area contributed by atoms with Crippen molar-refractivity contribution in [3.8, 4) is 34.4 Å². The molecule has 1 aromatic heterocycles. The van der Waals surface area contributed by atoms with Crippen molar-refractivity contribution in [3.63, 3.8) is 0 Å². The van der Waals surface area contributed by atoms with Gasteiger partial charge in [-0.15, -0.1) is 0 Å². The first-order valence-corrected chi connectivity index (χ1v) is 15.3. The average molecular weight is 573 g/mol. The van der Waals surface area contributed by atoms with Crippen LogP contribution in [-0.4, -0.2) is 4.57 Å². The van der Waals surface area contributed by atoms with Crippen LogP contribution in [0.5, 0.6) is 11.5 Å². The van der Waals surface area contributed by atoms with E-state index in [4.69, 9.17) is 4.74 Å². The summed E-state index contributed by atoms with van der Waals surface area (Å²) in [5, 5.41) is 14.3. The van der Waals surface area contributed by atoms with Crippen LogP contribution < -0.4 is 4.74 Å². The summed E-state index contributed by atoms with van der Waals surface area (Å²) in [6.07, 6.45) is 0. The highest BCUT2D eigenvalue weighted by molar-refractivity contribution is 6.22. The maximum Gasteiger partial charge on any atom is 0.156 e. The predicted octanol–water partition coefficient (Wildman–Crippen LogP) is 10.3. The van der Waals surface area contributed by atoms with E-state index in [1.54, 1.807) is 0 Å². The van der Waals surface area contributed by atoms with Gasteiger partial charge in [-0.25, -0.2) is 0 Å². The molecule has 0 N–H and O–H groups in total. The van der Waals surface area contributed by atoms with Gasteiger partial charge in [0, 0.05) is 27.6 Å². The number of nitrogens with zero attached hydrogens (tertiary/aromatic N) is 2. The largest absolute Gasteiger partial charge is 0.454 e. The van der Waals surface area contributed by atoms with Gasteiger partial charge in [0.1, 0.15) is 5.75 Å². The third kappa shape index (κ3) is 2.98. The number of para-hydroxylation sites is 1. The van der Waals surface area contributed by atoms with Crippen molar-refractivity contribution in [1.29, 1.82) is 5.26 Å². The molecule has 0 bridgehead atoms. The Morgan fingerprint density at radius 3 is 1.98 bits per heavy atom. The molecule has 0 amide bonds. The topological polar surface area (TPSA) is 38.0 Å². The number of rotatable bonds is 1. The standard InChI is InChI=1S/C42H24N2O/c43-25-26-17-20-28(21-18-26)44-37-24-19-27-9-1-2-10-29(27)39(37)32-22-23-36-41(40(32)44)45-38-16-8-7-15-35(38)42(36)33-13-5-3-11-30(33)31-12-4-6-14-34(31)42/h1-24H. The molecule has 7 aromatic carbocycles. The van der Waals surface area contributed by atoms with Crippen molar-refractivity contribution in [3.05, 3.63) is 173 Å². The summed E-state index contributed by atoms with van der Waals surface area (Å²) in [7, 11) is 0. The first-order valence-electron chi connectivity index (χ1n) is 15.3. The quantitative estimate of drug-likeness (QED) is 0.196. The minimum absolute atomic E-state index is 0.542. The van der Waals surface area contributed by atoms with Gasteiger partial charge in [-0.2, -0.15) is 5.26 Å². The number of nitriles is 1. The number of hydrogen-bond donors (Lipinski definition) is 0. The predicted molar refractivity (Wildman–Crippen MR) is 180 cm³/mol.